The first-order chi connectivity index (χ1) is 21.7. The third-order valence-electron chi connectivity index (χ3n) is 8.30. The minimum Gasteiger partial charge on any atom is -0.463 e. The Hall–Kier alpha value is -2.25. The Balaban J connectivity index is 2.05. The quantitative estimate of drug-likeness (QED) is 0.0507. The first kappa shape index (κ1) is 40.8. The Kier molecular flexibility index (Phi) is 24.4. The molecule has 7 nitrogen and oxygen atoms in total. The third-order valence-corrected chi connectivity index (χ3v) is 8.30. The lowest BCUT2D eigenvalue weighted by Gasteiger charge is -2.13. The van der Waals surface area contributed by atoms with Crippen LogP contribution in [0.1, 0.15) is 143 Å². The molecule has 1 aliphatic carbocycles. The molecule has 1 aliphatic rings. The highest BCUT2D eigenvalue weighted by Crippen LogP contribution is 2.27. The molecule has 7 heteroatoms. The van der Waals surface area contributed by atoms with Gasteiger partial charge in [-0.15, -0.1) is 0 Å². The van der Waals surface area contributed by atoms with E-state index >= 15 is 0 Å². The molecule has 0 fully saturated rings. The standard InChI is InChI=1S/C38H64O7/c1-4-5-15-22-33(39)26-27-35-32(25-28-36(35)41)21-17-13-14-19-24-38(43)45-30-34(40)29-44-37(42)23-18-12-10-8-6-7-9-11-16-20-31(2)3/h13,17,25-28,31-35,39-40H,4-12,14-16,18-24,29-30H2,1-3H3/b17-13-,27-26+/t32-,33-,34+,35+/m0/s1. The highest BCUT2D eigenvalue weighted by atomic mass is 16.6. The number of carbonyl (C=O) groups is 3. The zero-order chi connectivity index (χ0) is 33.1. The van der Waals surface area contributed by atoms with Crippen molar-refractivity contribution < 1.29 is 34.1 Å². The van der Waals surface area contributed by atoms with Gasteiger partial charge in [-0.1, -0.05) is 128 Å². The highest BCUT2D eigenvalue weighted by molar-refractivity contribution is 5.95. The van der Waals surface area contributed by atoms with Crippen LogP contribution in [-0.4, -0.2) is 53.4 Å². The molecule has 4 atom stereocenters. The molecule has 0 amide bonds. The van der Waals surface area contributed by atoms with E-state index in [1.165, 1.54) is 44.9 Å². The summed E-state index contributed by atoms with van der Waals surface area (Å²) in [5.41, 5.74) is 0. The number of hydrogen-bond acceptors (Lipinski definition) is 7. The van der Waals surface area contributed by atoms with Crippen LogP contribution in [0.25, 0.3) is 0 Å². The molecule has 0 unspecified atom stereocenters. The van der Waals surface area contributed by atoms with Crippen LogP contribution in [0.3, 0.4) is 0 Å². The Morgan fingerprint density at radius 3 is 2.00 bits per heavy atom. The van der Waals surface area contributed by atoms with Gasteiger partial charge >= 0.3 is 11.9 Å². The lowest BCUT2D eigenvalue weighted by molar-refractivity contribution is -0.152. The Morgan fingerprint density at radius 1 is 0.800 bits per heavy atom. The zero-order valence-corrected chi connectivity index (χ0v) is 28.6. The van der Waals surface area contributed by atoms with Crippen molar-refractivity contribution in [2.75, 3.05) is 13.2 Å². The van der Waals surface area contributed by atoms with Crippen molar-refractivity contribution in [1.82, 2.24) is 0 Å². The molecule has 1 rings (SSSR count). The summed E-state index contributed by atoms with van der Waals surface area (Å²) in [6.45, 7) is 6.32. The fourth-order valence-corrected chi connectivity index (χ4v) is 5.44. The molecule has 0 saturated heterocycles. The van der Waals surface area contributed by atoms with E-state index in [0.717, 1.165) is 57.3 Å². The van der Waals surface area contributed by atoms with Crippen LogP contribution in [0.15, 0.2) is 36.5 Å². The summed E-state index contributed by atoms with van der Waals surface area (Å²) in [5, 5.41) is 20.1. The number of hydrogen-bond donors (Lipinski definition) is 2. The Bertz CT molecular complexity index is 875. The number of carbonyl (C=O) groups excluding carboxylic acids is 3. The van der Waals surface area contributed by atoms with Crippen molar-refractivity contribution >= 4 is 17.7 Å². The number of unbranched alkanes of at least 4 members (excludes halogenated alkanes) is 11. The number of ether oxygens (including phenoxy) is 2. The van der Waals surface area contributed by atoms with E-state index < -0.39 is 18.2 Å². The van der Waals surface area contributed by atoms with E-state index in [1.807, 2.05) is 24.3 Å². The average Bonchev–Trinajstić information content (AvgIpc) is 3.36. The van der Waals surface area contributed by atoms with Gasteiger partial charge in [0.15, 0.2) is 5.78 Å². The van der Waals surface area contributed by atoms with Gasteiger partial charge in [-0.25, -0.2) is 0 Å². The molecule has 2 N–H and O–H groups in total. The minimum atomic E-state index is -1.03. The monoisotopic (exact) mass is 632 g/mol. The molecule has 0 aromatic rings. The minimum absolute atomic E-state index is 0.0734. The van der Waals surface area contributed by atoms with Gasteiger partial charge in [0.1, 0.15) is 19.3 Å². The molecule has 0 aromatic heterocycles. The molecule has 258 valence electrons. The van der Waals surface area contributed by atoms with Crippen LogP contribution < -0.4 is 0 Å². The zero-order valence-electron chi connectivity index (χ0n) is 28.6. The topological polar surface area (TPSA) is 110 Å². The lowest BCUT2D eigenvalue weighted by atomic mass is 9.90. The molecule has 45 heavy (non-hydrogen) atoms. The molecule has 0 radical (unpaired) electrons. The maximum Gasteiger partial charge on any atom is 0.305 e. The summed E-state index contributed by atoms with van der Waals surface area (Å²) >= 11 is 0. The van der Waals surface area contributed by atoms with Crippen LogP contribution in [-0.2, 0) is 23.9 Å². The fourth-order valence-electron chi connectivity index (χ4n) is 5.44. The summed E-state index contributed by atoms with van der Waals surface area (Å²) in [6, 6.07) is 0. The second-order valence-corrected chi connectivity index (χ2v) is 13.1. The first-order valence-electron chi connectivity index (χ1n) is 18.0. The lowest BCUT2D eigenvalue weighted by Crippen LogP contribution is -2.25. The smallest absolute Gasteiger partial charge is 0.305 e. The second-order valence-electron chi connectivity index (χ2n) is 13.1. The number of esters is 2. The summed E-state index contributed by atoms with van der Waals surface area (Å²) in [4.78, 5) is 36.2. The summed E-state index contributed by atoms with van der Waals surface area (Å²) in [5.74, 6) is 0.0127. The van der Waals surface area contributed by atoms with Crippen LogP contribution in [0.4, 0.5) is 0 Å². The number of aliphatic hydroxyl groups excluding tert-OH is 2. The summed E-state index contributed by atoms with van der Waals surface area (Å²) in [6.07, 6.45) is 28.2. The van der Waals surface area contributed by atoms with Crippen molar-refractivity contribution in [3.63, 3.8) is 0 Å². The summed E-state index contributed by atoms with van der Waals surface area (Å²) in [7, 11) is 0. The molecular weight excluding hydrogens is 568 g/mol. The van der Waals surface area contributed by atoms with Gasteiger partial charge in [-0.3, -0.25) is 14.4 Å². The Labute approximate surface area is 273 Å². The SMILES string of the molecule is CCCCC[C@H](O)/C=C/[C@H]1C(=O)C=C[C@@H]1C/C=C\CCCC(=O)OC[C@H](O)COC(=O)CCCCCCCCCCCC(C)C. The molecular formula is C38H64O7. The molecule has 0 aliphatic heterocycles. The fraction of sp³-hybridized carbons (Fsp3) is 0.763. The Morgan fingerprint density at radius 2 is 1.38 bits per heavy atom. The maximum absolute atomic E-state index is 12.2. The average molecular weight is 633 g/mol. The molecule has 0 heterocycles. The predicted octanol–water partition coefficient (Wildman–Crippen LogP) is 8.37. The van der Waals surface area contributed by atoms with Crippen LogP contribution in [0.2, 0.25) is 0 Å². The van der Waals surface area contributed by atoms with E-state index in [4.69, 9.17) is 9.47 Å². The van der Waals surface area contributed by atoms with Gasteiger partial charge in [0.2, 0.25) is 0 Å². The summed E-state index contributed by atoms with van der Waals surface area (Å²) < 4.78 is 10.3. The molecule has 0 aromatic carbocycles. The predicted molar refractivity (Wildman–Crippen MR) is 182 cm³/mol. The largest absolute Gasteiger partial charge is 0.463 e. The van der Waals surface area contributed by atoms with Gasteiger partial charge in [-0.2, -0.15) is 0 Å². The van der Waals surface area contributed by atoms with E-state index in [2.05, 4.69) is 20.8 Å². The third kappa shape index (κ3) is 22.8. The van der Waals surface area contributed by atoms with E-state index in [9.17, 15) is 24.6 Å². The highest BCUT2D eigenvalue weighted by Gasteiger charge is 2.26. The van der Waals surface area contributed by atoms with Crippen molar-refractivity contribution in [3.05, 3.63) is 36.5 Å². The second kappa shape index (κ2) is 26.9. The number of allylic oxidation sites excluding steroid dienone is 5. The van der Waals surface area contributed by atoms with Gasteiger partial charge in [0.05, 0.1) is 6.10 Å². The van der Waals surface area contributed by atoms with Crippen molar-refractivity contribution in [3.8, 4) is 0 Å². The van der Waals surface area contributed by atoms with Gasteiger partial charge in [0, 0.05) is 18.8 Å². The van der Waals surface area contributed by atoms with E-state index in [0.29, 0.717) is 19.3 Å². The number of rotatable bonds is 28. The first-order valence-corrected chi connectivity index (χ1v) is 18.0. The molecule has 0 spiro atoms. The van der Waals surface area contributed by atoms with Crippen molar-refractivity contribution in [1.29, 1.82) is 0 Å². The van der Waals surface area contributed by atoms with Gasteiger partial charge in [-0.05, 0) is 50.0 Å². The molecule has 0 saturated carbocycles. The van der Waals surface area contributed by atoms with Crippen LogP contribution in [0, 0.1) is 17.8 Å². The van der Waals surface area contributed by atoms with Crippen LogP contribution in [0.5, 0.6) is 0 Å². The normalized spacial score (nSPS) is 18.0. The maximum atomic E-state index is 12.2. The van der Waals surface area contributed by atoms with Crippen molar-refractivity contribution in [2.45, 2.75) is 155 Å². The van der Waals surface area contributed by atoms with Gasteiger partial charge < -0.3 is 19.7 Å². The van der Waals surface area contributed by atoms with Crippen molar-refractivity contribution in [2.24, 2.45) is 17.8 Å². The van der Waals surface area contributed by atoms with E-state index in [1.54, 1.807) is 12.2 Å². The number of aliphatic hydroxyl groups is 2. The molecule has 0 bridgehead atoms. The van der Waals surface area contributed by atoms with E-state index in [-0.39, 0.29) is 43.2 Å². The number of ketones is 1. The van der Waals surface area contributed by atoms with Crippen LogP contribution >= 0.6 is 0 Å². The van der Waals surface area contributed by atoms with Gasteiger partial charge in [0.25, 0.3) is 0 Å².